The van der Waals surface area contributed by atoms with Gasteiger partial charge in [-0.2, -0.15) is 0 Å². The van der Waals surface area contributed by atoms with Gasteiger partial charge in [-0.15, -0.1) is 0 Å². The molecule has 3 heteroatoms. The number of aryl methyl sites for hydroxylation is 2. The molecule has 1 saturated heterocycles. The monoisotopic (exact) mass is 364 g/mol. The minimum Gasteiger partial charge on any atom is -0.349 e. The number of amides is 1. The molecule has 0 unspecified atom stereocenters. The number of nitrogens with one attached hydrogen (secondary N) is 1. The van der Waals surface area contributed by atoms with Gasteiger partial charge < -0.3 is 5.32 Å². The number of carbonyl (C=O) groups excluding carboxylic acids is 1. The Labute approximate surface area is 163 Å². The second-order valence-corrected chi connectivity index (χ2v) is 7.86. The Hall–Kier alpha value is -2.13. The summed E-state index contributed by atoms with van der Waals surface area (Å²) in [6.45, 7) is 9.32. The number of carbonyl (C=O) groups is 1. The fraction of sp³-hybridized carbons (Fsp3) is 0.458. The Bertz CT molecular complexity index is 728. The van der Waals surface area contributed by atoms with E-state index in [0.29, 0.717) is 0 Å². The van der Waals surface area contributed by atoms with Crippen molar-refractivity contribution >= 4 is 5.91 Å². The first-order valence-corrected chi connectivity index (χ1v) is 10.2. The van der Waals surface area contributed by atoms with Crippen LogP contribution in [0.5, 0.6) is 0 Å². The van der Waals surface area contributed by atoms with Gasteiger partial charge in [-0.05, 0) is 62.9 Å². The van der Waals surface area contributed by atoms with Crippen molar-refractivity contribution in [3.63, 3.8) is 0 Å². The smallest absolute Gasteiger partial charge is 0.223 e. The lowest BCUT2D eigenvalue weighted by Gasteiger charge is -2.32. The fourth-order valence-electron chi connectivity index (χ4n) is 3.76. The lowest BCUT2D eigenvalue weighted by Crippen LogP contribution is -2.40. The van der Waals surface area contributed by atoms with Crippen LogP contribution < -0.4 is 5.32 Å². The first kappa shape index (κ1) is 19.6. The molecule has 2 aromatic rings. The van der Waals surface area contributed by atoms with Crippen molar-refractivity contribution in [1.82, 2.24) is 10.2 Å². The van der Waals surface area contributed by atoms with E-state index in [0.717, 1.165) is 38.9 Å². The summed E-state index contributed by atoms with van der Waals surface area (Å²) < 4.78 is 0. The quantitative estimate of drug-likeness (QED) is 0.809. The largest absolute Gasteiger partial charge is 0.349 e. The molecule has 1 atom stereocenters. The average Bonchev–Trinajstić information content (AvgIpc) is 2.70. The van der Waals surface area contributed by atoms with Crippen LogP contribution in [0, 0.1) is 12.8 Å². The van der Waals surface area contributed by atoms with Gasteiger partial charge in [0.25, 0.3) is 0 Å². The van der Waals surface area contributed by atoms with Crippen molar-refractivity contribution in [2.45, 2.75) is 52.6 Å². The molecular formula is C24H32N2O. The standard InChI is InChI=1S/C24H32N2O/c1-4-20-9-11-22(12-10-20)19(3)25-24(27)23-13-15-26(16-14-23)17-21-7-5-18(2)6-8-21/h5-12,19,23H,4,13-17H2,1-3H3,(H,25,27)/t19-/m0/s1. The van der Waals surface area contributed by atoms with E-state index in [1.54, 1.807) is 0 Å². The highest BCUT2D eigenvalue weighted by molar-refractivity contribution is 5.79. The van der Waals surface area contributed by atoms with Crippen molar-refractivity contribution in [3.05, 3.63) is 70.8 Å². The van der Waals surface area contributed by atoms with Gasteiger partial charge in [-0.1, -0.05) is 61.0 Å². The topological polar surface area (TPSA) is 32.3 Å². The van der Waals surface area contributed by atoms with Crippen LogP contribution >= 0.6 is 0 Å². The van der Waals surface area contributed by atoms with Crippen LogP contribution in [0.4, 0.5) is 0 Å². The first-order chi connectivity index (χ1) is 13.0. The Morgan fingerprint density at radius 3 is 2.22 bits per heavy atom. The molecular weight excluding hydrogens is 332 g/mol. The fourth-order valence-corrected chi connectivity index (χ4v) is 3.76. The molecule has 0 saturated carbocycles. The molecule has 1 aliphatic heterocycles. The highest BCUT2D eigenvalue weighted by atomic mass is 16.1. The van der Waals surface area contributed by atoms with E-state index in [1.807, 2.05) is 0 Å². The Kier molecular flexibility index (Phi) is 6.68. The summed E-state index contributed by atoms with van der Waals surface area (Å²) in [5.41, 5.74) is 5.16. The molecule has 1 N–H and O–H groups in total. The summed E-state index contributed by atoms with van der Waals surface area (Å²) in [5, 5.41) is 3.22. The van der Waals surface area contributed by atoms with Crippen LogP contribution in [0.2, 0.25) is 0 Å². The number of hydrogen-bond acceptors (Lipinski definition) is 2. The predicted octanol–water partition coefficient (Wildman–Crippen LogP) is 4.65. The van der Waals surface area contributed by atoms with Crippen LogP contribution in [-0.2, 0) is 17.8 Å². The Morgan fingerprint density at radius 1 is 1.04 bits per heavy atom. The van der Waals surface area contributed by atoms with Crippen LogP contribution in [0.3, 0.4) is 0 Å². The summed E-state index contributed by atoms with van der Waals surface area (Å²) in [6.07, 6.45) is 2.93. The molecule has 3 rings (SSSR count). The van der Waals surface area contributed by atoms with Crippen LogP contribution in [0.1, 0.15) is 55.0 Å². The normalized spacial score (nSPS) is 16.9. The van der Waals surface area contributed by atoms with Crippen molar-refractivity contribution in [2.75, 3.05) is 13.1 Å². The number of benzene rings is 2. The van der Waals surface area contributed by atoms with Gasteiger partial charge in [-0.3, -0.25) is 9.69 Å². The number of nitrogens with zero attached hydrogens (tertiary/aromatic N) is 1. The van der Waals surface area contributed by atoms with E-state index in [4.69, 9.17) is 0 Å². The third-order valence-corrected chi connectivity index (χ3v) is 5.73. The minimum atomic E-state index is 0.0639. The van der Waals surface area contributed by atoms with Gasteiger partial charge in [0.2, 0.25) is 5.91 Å². The van der Waals surface area contributed by atoms with Gasteiger partial charge in [0.1, 0.15) is 0 Å². The van der Waals surface area contributed by atoms with Gasteiger partial charge in [0.05, 0.1) is 6.04 Å². The average molecular weight is 365 g/mol. The maximum Gasteiger partial charge on any atom is 0.223 e. The summed E-state index contributed by atoms with van der Waals surface area (Å²) >= 11 is 0. The van der Waals surface area contributed by atoms with Gasteiger partial charge in [0, 0.05) is 12.5 Å². The second kappa shape index (κ2) is 9.18. The number of piperidine rings is 1. The molecule has 2 aromatic carbocycles. The number of rotatable bonds is 6. The van der Waals surface area contributed by atoms with E-state index in [9.17, 15) is 4.79 Å². The van der Waals surface area contributed by atoms with Crippen molar-refractivity contribution < 1.29 is 4.79 Å². The van der Waals surface area contributed by atoms with E-state index in [1.165, 1.54) is 22.3 Å². The summed E-state index contributed by atoms with van der Waals surface area (Å²) in [7, 11) is 0. The molecule has 144 valence electrons. The maximum atomic E-state index is 12.7. The molecule has 0 aliphatic carbocycles. The molecule has 0 bridgehead atoms. The summed E-state index contributed by atoms with van der Waals surface area (Å²) in [6, 6.07) is 17.4. The third kappa shape index (κ3) is 5.43. The molecule has 1 heterocycles. The molecule has 1 aliphatic rings. The second-order valence-electron chi connectivity index (χ2n) is 7.86. The zero-order valence-corrected chi connectivity index (χ0v) is 16.9. The summed E-state index contributed by atoms with van der Waals surface area (Å²) in [5.74, 6) is 0.341. The molecule has 0 aromatic heterocycles. The third-order valence-electron chi connectivity index (χ3n) is 5.73. The van der Waals surface area contributed by atoms with Gasteiger partial charge in [0.15, 0.2) is 0 Å². The number of likely N-dealkylation sites (tertiary alicyclic amines) is 1. The molecule has 0 radical (unpaired) electrons. The van der Waals surface area contributed by atoms with E-state index < -0.39 is 0 Å². The summed E-state index contributed by atoms with van der Waals surface area (Å²) in [4.78, 5) is 15.1. The molecule has 0 spiro atoms. The van der Waals surface area contributed by atoms with E-state index in [2.05, 4.69) is 79.5 Å². The van der Waals surface area contributed by atoms with Crippen molar-refractivity contribution in [1.29, 1.82) is 0 Å². The zero-order valence-electron chi connectivity index (χ0n) is 16.9. The van der Waals surface area contributed by atoms with Gasteiger partial charge >= 0.3 is 0 Å². The van der Waals surface area contributed by atoms with Crippen LogP contribution in [0.15, 0.2) is 48.5 Å². The molecule has 1 fully saturated rings. The first-order valence-electron chi connectivity index (χ1n) is 10.2. The number of hydrogen-bond donors (Lipinski definition) is 1. The Morgan fingerprint density at radius 2 is 1.63 bits per heavy atom. The molecule has 1 amide bonds. The van der Waals surface area contributed by atoms with E-state index >= 15 is 0 Å². The Balaban J connectivity index is 1.46. The SMILES string of the molecule is CCc1ccc([C@H](C)NC(=O)C2CCN(Cc3ccc(C)cc3)CC2)cc1. The van der Waals surface area contributed by atoms with Crippen molar-refractivity contribution in [2.24, 2.45) is 5.92 Å². The van der Waals surface area contributed by atoms with E-state index in [-0.39, 0.29) is 17.9 Å². The molecule has 3 nitrogen and oxygen atoms in total. The lowest BCUT2D eigenvalue weighted by molar-refractivity contribution is -0.127. The highest BCUT2D eigenvalue weighted by Gasteiger charge is 2.26. The van der Waals surface area contributed by atoms with Crippen molar-refractivity contribution in [3.8, 4) is 0 Å². The molecule has 27 heavy (non-hydrogen) atoms. The minimum absolute atomic E-state index is 0.0639. The van der Waals surface area contributed by atoms with Crippen LogP contribution in [-0.4, -0.2) is 23.9 Å². The highest BCUT2D eigenvalue weighted by Crippen LogP contribution is 2.21. The maximum absolute atomic E-state index is 12.7. The van der Waals surface area contributed by atoms with Gasteiger partial charge in [-0.25, -0.2) is 0 Å². The zero-order chi connectivity index (χ0) is 19.2. The van der Waals surface area contributed by atoms with Crippen LogP contribution in [0.25, 0.3) is 0 Å². The lowest BCUT2D eigenvalue weighted by atomic mass is 9.94. The predicted molar refractivity (Wildman–Crippen MR) is 112 cm³/mol.